The molecule has 0 aromatic heterocycles. The van der Waals surface area contributed by atoms with Crippen molar-refractivity contribution in [2.24, 2.45) is 0 Å². The van der Waals surface area contributed by atoms with Crippen molar-refractivity contribution < 1.29 is 14.0 Å². The topological polar surface area (TPSA) is 49.4 Å². The maximum atomic E-state index is 13.1. The number of benzene rings is 3. The molecule has 0 saturated heterocycles. The second-order valence-electron chi connectivity index (χ2n) is 7.56. The van der Waals surface area contributed by atoms with Crippen LogP contribution in [0.1, 0.15) is 32.6 Å². The van der Waals surface area contributed by atoms with Crippen LogP contribution >= 0.6 is 0 Å². The zero-order valence-electron chi connectivity index (χ0n) is 16.8. The van der Waals surface area contributed by atoms with Crippen LogP contribution in [0.25, 0.3) is 0 Å². The average Bonchev–Trinajstić information content (AvgIpc) is 3.17. The zero-order valence-corrected chi connectivity index (χ0v) is 16.8. The summed E-state index contributed by atoms with van der Waals surface area (Å²) in [7, 11) is 0. The van der Waals surface area contributed by atoms with E-state index in [9.17, 15) is 14.0 Å². The van der Waals surface area contributed by atoms with E-state index < -0.39 is 0 Å². The summed E-state index contributed by atoms with van der Waals surface area (Å²) in [6, 6.07) is 19.5. The Hall–Kier alpha value is -3.47. The second-order valence-corrected chi connectivity index (χ2v) is 7.56. The molecule has 2 amide bonds. The van der Waals surface area contributed by atoms with Gasteiger partial charge in [-0.3, -0.25) is 9.59 Å². The Morgan fingerprint density at radius 1 is 1.00 bits per heavy atom. The number of fused-ring (bicyclic) bond motifs is 1. The molecule has 1 aliphatic rings. The summed E-state index contributed by atoms with van der Waals surface area (Å²) >= 11 is 0. The smallest absolute Gasteiger partial charge is 0.258 e. The molecule has 1 N–H and O–H groups in total. The van der Waals surface area contributed by atoms with E-state index >= 15 is 0 Å². The molecule has 0 bridgehead atoms. The molecule has 4 rings (SSSR count). The highest BCUT2D eigenvalue weighted by Gasteiger charge is 2.26. The lowest BCUT2D eigenvalue weighted by Crippen LogP contribution is -2.29. The van der Waals surface area contributed by atoms with Gasteiger partial charge in [0.25, 0.3) is 5.91 Å². The van der Waals surface area contributed by atoms with Crippen LogP contribution in [0.15, 0.2) is 66.7 Å². The maximum Gasteiger partial charge on any atom is 0.258 e. The van der Waals surface area contributed by atoms with Gasteiger partial charge in [-0.1, -0.05) is 42.5 Å². The van der Waals surface area contributed by atoms with Gasteiger partial charge in [0.05, 0.1) is 6.42 Å². The molecule has 1 heterocycles. The van der Waals surface area contributed by atoms with Crippen LogP contribution in [0.4, 0.5) is 10.1 Å². The standard InChI is InChI=1S/C25H23FN2O2/c1-17-4-2-3-5-22(17)25(30)28-13-12-20-9-6-19(14-23(20)28)16-27-24(29)15-18-7-10-21(26)11-8-18/h2-11,14H,12-13,15-16H2,1H3,(H,27,29). The highest BCUT2D eigenvalue weighted by Crippen LogP contribution is 2.31. The lowest BCUT2D eigenvalue weighted by Gasteiger charge is -2.19. The number of nitrogens with zero attached hydrogens (tertiary/aromatic N) is 1. The van der Waals surface area contributed by atoms with E-state index in [4.69, 9.17) is 0 Å². The maximum absolute atomic E-state index is 13.1. The molecule has 3 aromatic carbocycles. The number of hydrogen-bond donors (Lipinski definition) is 1. The summed E-state index contributed by atoms with van der Waals surface area (Å²) in [6.45, 7) is 2.97. The molecular weight excluding hydrogens is 379 g/mol. The Balaban J connectivity index is 1.44. The van der Waals surface area contributed by atoms with Gasteiger partial charge in [0.2, 0.25) is 5.91 Å². The van der Waals surface area contributed by atoms with Crippen LogP contribution in [-0.4, -0.2) is 18.4 Å². The van der Waals surface area contributed by atoms with Gasteiger partial charge < -0.3 is 10.2 Å². The second kappa shape index (κ2) is 8.49. The number of carbonyl (C=O) groups excluding carboxylic acids is 2. The van der Waals surface area contributed by atoms with Crippen molar-refractivity contribution in [1.29, 1.82) is 0 Å². The fourth-order valence-electron chi connectivity index (χ4n) is 3.75. The highest BCUT2D eigenvalue weighted by atomic mass is 19.1. The van der Waals surface area contributed by atoms with Crippen LogP contribution in [0.5, 0.6) is 0 Å². The highest BCUT2D eigenvalue weighted by molar-refractivity contribution is 6.08. The van der Waals surface area contributed by atoms with Crippen molar-refractivity contribution in [3.8, 4) is 0 Å². The predicted octanol–water partition coefficient (Wildman–Crippen LogP) is 4.20. The molecule has 0 aliphatic carbocycles. The third kappa shape index (κ3) is 4.25. The summed E-state index contributed by atoms with van der Waals surface area (Å²) in [5.41, 5.74) is 5.42. The Kier molecular flexibility index (Phi) is 5.61. The molecular formula is C25H23FN2O2. The van der Waals surface area contributed by atoms with Gasteiger partial charge in [-0.25, -0.2) is 4.39 Å². The van der Waals surface area contributed by atoms with Crippen molar-refractivity contribution in [2.75, 3.05) is 11.4 Å². The van der Waals surface area contributed by atoms with Crippen LogP contribution in [0, 0.1) is 12.7 Å². The quantitative estimate of drug-likeness (QED) is 0.696. The van der Waals surface area contributed by atoms with E-state index in [-0.39, 0.29) is 24.1 Å². The molecule has 0 atom stereocenters. The summed E-state index contributed by atoms with van der Waals surface area (Å²) in [6.07, 6.45) is 1.02. The molecule has 0 unspecified atom stereocenters. The summed E-state index contributed by atoms with van der Waals surface area (Å²) in [5.74, 6) is -0.443. The normalized spacial score (nSPS) is 12.5. The van der Waals surface area contributed by atoms with Gasteiger partial charge in [0.1, 0.15) is 5.82 Å². The third-order valence-corrected chi connectivity index (χ3v) is 5.43. The fraction of sp³-hybridized carbons (Fsp3) is 0.200. The minimum absolute atomic E-state index is 0.00402. The molecule has 0 radical (unpaired) electrons. The average molecular weight is 402 g/mol. The number of halogens is 1. The van der Waals surface area contributed by atoms with Gasteiger partial charge in [-0.05, 0) is 59.9 Å². The first kappa shape index (κ1) is 19.8. The van der Waals surface area contributed by atoms with Gasteiger partial charge in [0.15, 0.2) is 0 Å². The summed E-state index contributed by atoms with van der Waals surface area (Å²) in [5, 5.41) is 2.90. The molecule has 152 valence electrons. The van der Waals surface area contributed by atoms with E-state index in [0.29, 0.717) is 18.7 Å². The number of aryl methyl sites for hydroxylation is 1. The van der Waals surface area contributed by atoms with Crippen LogP contribution < -0.4 is 10.2 Å². The third-order valence-electron chi connectivity index (χ3n) is 5.43. The number of anilines is 1. The fourth-order valence-corrected chi connectivity index (χ4v) is 3.75. The lowest BCUT2D eigenvalue weighted by molar-refractivity contribution is -0.120. The molecule has 30 heavy (non-hydrogen) atoms. The minimum atomic E-state index is -0.318. The first-order chi connectivity index (χ1) is 14.5. The largest absolute Gasteiger partial charge is 0.352 e. The number of nitrogens with one attached hydrogen (secondary N) is 1. The van der Waals surface area contributed by atoms with Crippen molar-refractivity contribution in [1.82, 2.24) is 5.32 Å². The van der Waals surface area contributed by atoms with Crippen molar-refractivity contribution in [3.05, 3.63) is 100 Å². The van der Waals surface area contributed by atoms with Gasteiger partial charge >= 0.3 is 0 Å². The first-order valence-corrected chi connectivity index (χ1v) is 10.0. The SMILES string of the molecule is Cc1ccccc1C(=O)N1CCc2ccc(CNC(=O)Cc3ccc(F)cc3)cc21. The minimum Gasteiger partial charge on any atom is -0.352 e. The first-order valence-electron chi connectivity index (χ1n) is 10.0. The molecule has 1 aliphatic heterocycles. The Labute approximate surface area is 175 Å². The van der Waals surface area contributed by atoms with E-state index in [2.05, 4.69) is 5.32 Å². The van der Waals surface area contributed by atoms with E-state index in [1.165, 1.54) is 12.1 Å². The number of hydrogen-bond acceptors (Lipinski definition) is 2. The molecule has 3 aromatic rings. The number of rotatable bonds is 5. The molecule has 0 spiro atoms. The molecule has 0 fully saturated rings. The molecule has 4 nitrogen and oxygen atoms in total. The predicted molar refractivity (Wildman–Crippen MR) is 115 cm³/mol. The van der Waals surface area contributed by atoms with Crippen molar-refractivity contribution >= 4 is 17.5 Å². The lowest BCUT2D eigenvalue weighted by atomic mass is 10.1. The summed E-state index contributed by atoms with van der Waals surface area (Å²) in [4.78, 5) is 27.1. The van der Waals surface area contributed by atoms with Gasteiger partial charge in [-0.15, -0.1) is 0 Å². The Morgan fingerprint density at radius 3 is 2.50 bits per heavy atom. The van der Waals surface area contributed by atoms with Gasteiger partial charge in [-0.2, -0.15) is 0 Å². The Morgan fingerprint density at radius 2 is 1.73 bits per heavy atom. The number of carbonyl (C=O) groups is 2. The summed E-state index contributed by atoms with van der Waals surface area (Å²) < 4.78 is 13.0. The Bertz CT molecular complexity index is 1090. The van der Waals surface area contributed by atoms with Gasteiger partial charge in [0, 0.05) is 24.3 Å². The van der Waals surface area contributed by atoms with E-state index in [1.807, 2.05) is 54.3 Å². The van der Waals surface area contributed by atoms with Crippen molar-refractivity contribution in [2.45, 2.75) is 26.3 Å². The monoisotopic (exact) mass is 402 g/mol. The van der Waals surface area contributed by atoms with Crippen molar-refractivity contribution in [3.63, 3.8) is 0 Å². The van der Waals surface area contributed by atoms with Crippen LogP contribution in [-0.2, 0) is 24.2 Å². The number of amides is 2. The molecule has 0 saturated carbocycles. The zero-order chi connectivity index (χ0) is 21.1. The van der Waals surface area contributed by atoms with Crippen LogP contribution in [0.3, 0.4) is 0 Å². The van der Waals surface area contributed by atoms with Crippen LogP contribution in [0.2, 0.25) is 0 Å². The van der Waals surface area contributed by atoms with E-state index in [1.54, 1.807) is 12.1 Å². The molecule has 5 heteroatoms. The van der Waals surface area contributed by atoms with E-state index in [0.717, 1.165) is 34.4 Å².